The van der Waals surface area contributed by atoms with Crippen LogP contribution in [0.5, 0.6) is 0 Å². The molecule has 0 bridgehead atoms. The van der Waals surface area contributed by atoms with E-state index < -0.39 is 0 Å². The lowest BCUT2D eigenvalue weighted by Crippen LogP contribution is -2.09. The summed E-state index contributed by atoms with van der Waals surface area (Å²) >= 11 is 1.52. The maximum Gasteiger partial charge on any atom is 0.145 e. The van der Waals surface area contributed by atoms with Gasteiger partial charge in [0.2, 0.25) is 0 Å². The van der Waals surface area contributed by atoms with Gasteiger partial charge in [0.25, 0.3) is 0 Å². The van der Waals surface area contributed by atoms with Crippen molar-refractivity contribution in [3.63, 3.8) is 0 Å². The van der Waals surface area contributed by atoms with Crippen molar-refractivity contribution in [2.24, 2.45) is 10.9 Å². The van der Waals surface area contributed by atoms with Gasteiger partial charge < -0.3 is 0 Å². The van der Waals surface area contributed by atoms with Crippen LogP contribution in [0.3, 0.4) is 0 Å². The van der Waals surface area contributed by atoms with Crippen molar-refractivity contribution in [2.45, 2.75) is 18.7 Å². The molecule has 80 valence electrons. The van der Waals surface area contributed by atoms with Gasteiger partial charge in [-0.15, -0.1) is 11.8 Å². The van der Waals surface area contributed by atoms with E-state index in [1.54, 1.807) is 0 Å². The summed E-state index contributed by atoms with van der Waals surface area (Å²) in [6.45, 7) is 7.34. The average molecular weight is 221 g/mol. The number of carbonyl (C=O) groups is 1. The number of aliphatic imine (C=N–C) groups is 1. The van der Waals surface area contributed by atoms with Gasteiger partial charge in [-0.2, -0.15) is 0 Å². The first-order chi connectivity index (χ1) is 7.15. The third-order valence-corrected chi connectivity index (χ3v) is 3.13. The molecule has 0 heterocycles. The SMILES string of the molecule is C=Nc1ccccc1SCC(=O)C(C)C. The second kappa shape index (κ2) is 5.71. The summed E-state index contributed by atoms with van der Waals surface area (Å²) in [6.07, 6.45) is 0. The summed E-state index contributed by atoms with van der Waals surface area (Å²) < 4.78 is 0. The predicted molar refractivity (Wildman–Crippen MR) is 66.2 cm³/mol. The zero-order chi connectivity index (χ0) is 11.3. The highest BCUT2D eigenvalue weighted by atomic mass is 32.2. The Labute approximate surface area is 94.8 Å². The fourth-order valence-electron chi connectivity index (χ4n) is 1.03. The standard InChI is InChI=1S/C12H15NOS/c1-9(2)11(14)8-15-12-7-5-4-6-10(12)13-3/h4-7,9H,3,8H2,1-2H3. The van der Waals surface area contributed by atoms with E-state index in [4.69, 9.17) is 0 Å². The number of para-hydroxylation sites is 1. The number of carbonyl (C=O) groups excluding carboxylic acids is 1. The molecule has 15 heavy (non-hydrogen) atoms. The monoisotopic (exact) mass is 221 g/mol. The Hall–Kier alpha value is -1.09. The molecule has 0 fully saturated rings. The molecule has 0 aromatic heterocycles. The molecule has 0 saturated heterocycles. The molecule has 0 aliphatic carbocycles. The summed E-state index contributed by atoms with van der Waals surface area (Å²) in [7, 11) is 0. The molecule has 0 atom stereocenters. The van der Waals surface area contributed by atoms with Crippen molar-refractivity contribution >= 4 is 30.0 Å². The summed E-state index contributed by atoms with van der Waals surface area (Å²) in [5.41, 5.74) is 0.846. The van der Waals surface area contributed by atoms with Crippen LogP contribution < -0.4 is 0 Å². The number of hydrogen-bond acceptors (Lipinski definition) is 3. The van der Waals surface area contributed by atoms with E-state index >= 15 is 0 Å². The van der Waals surface area contributed by atoms with Crippen LogP contribution in [-0.2, 0) is 4.79 Å². The van der Waals surface area contributed by atoms with Crippen molar-refractivity contribution in [3.05, 3.63) is 24.3 Å². The number of nitrogens with zero attached hydrogens (tertiary/aromatic N) is 1. The number of hydrogen-bond donors (Lipinski definition) is 0. The van der Waals surface area contributed by atoms with Gasteiger partial charge in [-0.3, -0.25) is 9.79 Å². The van der Waals surface area contributed by atoms with E-state index in [9.17, 15) is 4.79 Å². The Morgan fingerprint density at radius 3 is 2.73 bits per heavy atom. The van der Waals surface area contributed by atoms with E-state index in [2.05, 4.69) is 11.7 Å². The average Bonchev–Trinajstić information content (AvgIpc) is 2.26. The molecule has 0 spiro atoms. The van der Waals surface area contributed by atoms with E-state index in [-0.39, 0.29) is 11.7 Å². The molecule has 0 aliphatic heterocycles. The normalized spacial score (nSPS) is 10.3. The van der Waals surface area contributed by atoms with Gasteiger partial charge >= 0.3 is 0 Å². The molecule has 2 nitrogen and oxygen atoms in total. The van der Waals surface area contributed by atoms with Crippen LogP contribution in [-0.4, -0.2) is 18.3 Å². The number of ketones is 1. The van der Waals surface area contributed by atoms with Crippen LogP contribution >= 0.6 is 11.8 Å². The molecule has 0 radical (unpaired) electrons. The lowest BCUT2D eigenvalue weighted by atomic mass is 10.1. The van der Waals surface area contributed by atoms with Gasteiger partial charge in [0.15, 0.2) is 0 Å². The van der Waals surface area contributed by atoms with Gasteiger partial charge in [0.1, 0.15) is 5.78 Å². The van der Waals surface area contributed by atoms with E-state index in [1.807, 2.05) is 38.1 Å². The van der Waals surface area contributed by atoms with E-state index in [1.165, 1.54) is 11.8 Å². The largest absolute Gasteiger partial charge is 0.298 e. The molecule has 1 aromatic rings. The van der Waals surface area contributed by atoms with Crippen LogP contribution in [0.1, 0.15) is 13.8 Å². The Balaban J connectivity index is 2.65. The summed E-state index contributed by atoms with van der Waals surface area (Å²) in [5.74, 6) is 0.865. The Kier molecular flexibility index (Phi) is 4.56. The zero-order valence-corrected chi connectivity index (χ0v) is 9.88. The Morgan fingerprint density at radius 2 is 2.13 bits per heavy atom. The van der Waals surface area contributed by atoms with Crippen molar-refractivity contribution in [1.82, 2.24) is 0 Å². The molecule has 0 N–H and O–H groups in total. The fourth-order valence-corrected chi connectivity index (χ4v) is 2.11. The highest BCUT2D eigenvalue weighted by Gasteiger charge is 2.08. The van der Waals surface area contributed by atoms with Crippen LogP contribution in [0, 0.1) is 5.92 Å². The summed E-state index contributed by atoms with van der Waals surface area (Å²) in [4.78, 5) is 16.4. The van der Waals surface area contributed by atoms with Crippen molar-refractivity contribution < 1.29 is 4.79 Å². The van der Waals surface area contributed by atoms with Crippen LogP contribution in [0.2, 0.25) is 0 Å². The van der Waals surface area contributed by atoms with Gasteiger partial charge in [0.05, 0.1) is 11.4 Å². The minimum Gasteiger partial charge on any atom is -0.298 e. The lowest BCUT2D eigenvalue weighted by molar-refractivity contribution is -0.119. The van der Waals surface area contributed by atoms with E-state index in [0.717, 1.165) is 10.6 Å². The maximum atomic E-state index is 11.4. The van der Waals surface area contributed by atoms with Gasteiger partial charge in [-0.25, -0.2) is 0 Å². The first-order valence-corrected chi connectivity index (χ1v) is 5.85. The number of Topliss-reactive ketones (excluding diaryl/α,β-unsaturated/α-hetero) is 1. The molecule has 0 aliphatic rings. The third kappa shape index (κ3) is 3.51. The number of rotatable bonds is 5. The number of benzene rings is 1. The predicted octanol–water partition coefficient (Wildman–Crippen LogP) is 3.34. The number of thioether (sulfide) groups is 1. The zero-order valence-electron chi connectivity index (χ0n) is 9.06. The summed E-state index contributed by atoms with van der Waals surface area (Å²) in [6, 6.07) is 7.71. The minimum absolute atomic E-state index is 0.0985. The maximum absolute atomic E-state index is 11.4. The highest BCUT2D eigenvalue weighted by Crippen LogP contribution is 2.29. The summed E-state index contributed by atoms with van der Waals surface area (Å²) in [5, 5.41) is 0. The molecular weight excluding hydrogens is 206 g/mol. The smallest absolute Gasteiger partial charge is 0.145 e. The van der Waals surface area contributed by atoms with Crippen LogP contribution in [0.4, 0.5) is 5.69 Å². The topological polar surface area (TPSA) is 29.4 Å². The molecule has 1 aromatic carbocycles. The van der Waals surface area contributed by atoms with Crippen molar-refractivity contribution in [3.8, 4) is 0 Å². The van der Waals surface area contributed by atoms with Crippen LogP contribution in [0.15, 0.2) is 34.2 Å². The molecule has 0 unspecified atom stereocenters. The molecule has 0 saturated carbocycles. The molecular formula is C12H15NOS. The highest BCUT2D eigenvalue weighted by molar-refractivity contribution is 8.00. The van der Waals surface area contributed by atoms with E-state index in [0.29, 0.717) is 5.75 Å². The van der Waals surface area contributed by atoms with Gasteiger partial charge in [-0.05, 0) is 18.9 Å². The van der Waals surface area contributed by atoms with Crippen LogP contribution in [0.25, 0.3) is 0 Å². The Morgan fingerprint density at radius 1 is 1.47 bits per heavy atom. The van der Waals surface area contributed by atoms with Crippen molar-refractivity contribution in [1.29, 1.82) is 0 Å². The second-order valence-corrected chi connectivity index (χ2v) is 4.55. The molecule has 0 amide bonds. The van der Waals surface area contributed by atoms with Crippen molar-refractivity contribution in [2.75, 3.05) is 5.75 Å². The first kappa shape index (κ1) is 12.0. The molecule has 1 rings (SSSR count). The quantitative estimate of drug-likeness (QED) is 0.563. The van der Waals surface area contributed by atoms with Gasteiger partial charge in [-0.1, -0.05) is 26.0 Å². The Bertz CT molecular complexity index is 360. The lowest BCUT2D eigenvalue weighted by Gasteiger charge is -2.05. The second-order valence-electron chi connectivity index (χ2n) is 3.54. The molecule has 3 heteroatoms. The minimum atomic E-state index is 0.0985. The fraction of sp³-hybridized carbons (Fsp3) is 0.333. The third-order valence-electron chi connectivity index (χ3n) is 2.05. The first-order valence-electron chi connectivity index (χ1n) is 4.86. The van der Waals surface area contributed by atoms with Gasteiger partial charge in [0, 0.05) is 10.8 Å².